The fourth-order valence-electron chi connectivity index (χ4n) is 12.4. The van der Waals surface area contributed by atoms with Crippen molar-refractivity contribution in [3.63, 3.8) is 0 Å². The van der Waals surface area contributed by atoms with Gasteiger partial charge in [-0.2, -0.15) is 0 Å². The van der Waals surface area contributed by atoms with Crippen molar-refractivity contribution >= 4 is 59.6 Å². The summed E-state index contributed by atoms with van der Waals surface area (Å²) < 4.78 is 27.1. The Bertz CT molecular complexity index is 3680. The first-order valence-corrected chi connectivity index (χ1v) is 32.8. The highest BCUT2D eigenvalue weighted by Crippen LogP contribution is 2.35. The molecular formula is C65H81N11O23S. The zero-order chi connectivity index (χ0) is 72.2. The summed E-state index contributed by atoms with van der Waals surface area (Å²) in [5.41, 5.74) is 7.84. The number of phenolic OH excluding ortho intramolecular Hbond substituents is 1. The molecule has 16 N–H and O–H groups in total. The molecule has 540 valence electrons. The van der Waals surface area contributed by atoms with Crippen LogP contribution in [-0.2, 0) is 47.7 Å². The van der Waals surface area contributed by atoms with Crippen molar-refractivity contribution in [3.8, 4) is 51.3 Å². The molecule has 4 aliphatic rings. The number of fused-ring (bicyclic) bond motifs is 2. The summed E-state index contributed by atoms with van der Waals surface area (Å²) in [5.74, 6) is -11.0. The normalized spacial score (nSPS) is 26.5. The number of aliphatic hydroxyl groups excluding tert-OH is 7. The second-order valence-electron chi connectivity index (χ2n) is 25.2. The molecule has 0 bridgehead atoms. The number of phenols is 1. The van der Waals surface area contributed by atoms with Crippen LogP contribution in [0.5, 0.6) is 17.2 Å². The van der Waals surface area contributed by atoms with E-state index in [0.29, 0.717) is 17.7 Å². The van der Waals surface area contributed by atoms with Crippen LogP contribution in [0.4, 0.5) is 0 Å². The number of aliphatic hydroxyl groups is 7. The van der Waals surface area contributed by atoms with Gasteiger partial charge in [-0.1, -0.05) is 46.6 Å². The van der Waals surface area contributed by atoms with Gasteiger partial charge in [-0.05, 0) is 105 Å². The lowest BCUT2D eigenvalue weighted by Gasteiger charge is -2.35. The number of β-amino-alcohol motifs (C(OH)–C–C–N with tert-alkyl or cyclic N) is 1. The number of hydrogen-bond donors (Lipinski definition) is 15. The third-order valence-electron chi connectivity index (χ3n) is 17.5. The smallest absolute Gasteiger partial charge is 0.261 e. The van der Waals surface area contributed by atoms with E-state index in [-0.39, 0.29) is 47.4 Å². The number of amides is 8. The topological polar surface area (TPSA) is 500 Å². The Morgan fingerprint density at radius 3 is 1.95 bits per heavy atom. The molecule has 4 aromatic carbocycles. The maximum Gasteiger partial charge on any atom is 0.261 e. The van der Waals surface area contributed by atoms with Crippen LogP contribution in [0, 0.1) is 5.92 Å². The Morgan fingerprint density at radius 1 is 0.720 bits per heavy atom. The van der Waals surface area contributed by atoms with Crippen molar-refractivity contribution in [1.29, 1.82) is 0 Å². The number of benzene rings is 4. The first-order valence-electron chi connectivity index (χ1n) is 32.1. The highest BCUT2D eigenvalue weighted by Gasteiger charge is 2.50. The molecule has 0 spiro atoms. The number of aromatic hydroxyl groups is 1. The molecule has 35 heteroatoms. The highest BCUT2D eigenvalue weighted by molar-refractivity contribution is 7.90. The van der Waals surface area contributed by atoms with Crippen molar-refractivity contribution < 1.29 is 112 Å². The van der Waals surface area contributed by atoms with Crippen LogP contribution < -0.4 is 41.2 Å². The predicted octanol–water partition coefficient (Wildman–Crippen LogP) is -1.67. The summed E-state index contributed by atoms with van der Waals surface area (Å²) in [4.78, 5) is 118. The standard InChI is InChI=1S/C65H81N11O23S/c1-31-27-76-53(54(31)83)61(90)67-26-41(78)23-44(68-57(86)37-8-12-39(13-9-37)63-73-72-62(96-63)38-10-6-35(7-11-38)36-14-17-43(18-15-36)94-21-5-20-74-28-32(2)95-33(3)29-74)58(87)69-50(34(4)77)64(91)75-30-42(79)24-45(75)59(88)71-52(60(89)70-51(65(76)92)47(81)25-49(66)82)56(85)55(84)40-16-19-46(80)48(22-40)97-100-99-98-93/h6-19,22,31-34,41-42,44-45,47,50-56,77-81,83-85,93H,5,20-21,23-30H2,1-4H3,(H2,66,82)(H,67,90)(H,68,86)(H,69,87)(H,70,89)(H,71,88)/t31?,32-,33+,34?,41?,42?,44-,45?,47?,50?,51?,52?,53?,54?,55?,56?/m0/s1. The van der Waals surface area contributed by atoms with E-state index in [9.17, 15) is 79.2 Å². The number of ether oxygens (including phenoxy) is 2. The molecule has 13 unspecified atom stereocenters. The zero-order valence-electron chi connectivity index (χ0n) is 54.6. The summed E-state index contributed by atoms with van der Waals surface area (Å²) in [6.45, 7) is 8.09. The minimum atomic E-state index is -2.54. The van der Waals surface area contributed by atoms with Gasteiger partial charge >= 0.3 is 0 Å². The van der Waals surface area contributed by atoms with Crippen LogP contribution in [0.15, 0.2) is 95.4 Å². The maximum absolute atomic E-state index is 14.7. The Hall–Kier alpha value is -8.95. The van der Waals surface area contributed by atoms with E-state index >= 15 is 0 Å². The Labute approximate surface area is 576 Å². The van der Waals surface area contributed by atoms with Crippen LogP contribution in [0.25, 0.3) is 34.0 Å². The van der Waals surface area contributed by atoms with Gasteiger partial charge in [-0.25, -0.2) is 5.26 Å². The largest absolute Gasteiger partial charge is 0.504 e. The van der Waals surface area contributed by atoms with Crippen LogP contribution in [0.3, 0.4) is 0 Å². The predicted molar refractivity (Wildman–Crippen MR) is 348 cm³/mol. The number of rotatable bonds is 21. The molecule has 8 amide bonds. The monoisotopic (exact) mass is 1420 g/mol. The lowest BCUT2D eigenvalue weighted by Crippen LogP contribution is -2.64. The number of morpholine rings is 1. The molecule has 5 heterocycles. The van der Waals surface area contributed by atoms with Gasteiger partial charge in [0.05, 0.1) is 55.8 Å². The number of nitrogens with zero attached hydrogens (tertiary/aromatic N) is 5. The third-order valence-corrected chi connectivity index (χ3v) is 17.8. The molecule has 1 aromatic heterocycles. The van der Waals surface area contributed by atoms with Crippen LogP contribution >= 0.6 is 12.3 Å². The molecule has 100 heavy (non-hydrogen) atoms. The summed E-state index contributed by atoms with van der Waals surface area (Å²) in [6, 6.07) is 11.4. The van der Waals surface area contributed by atoms with Gasteiger partial charge in [0.25, 0.3) is 18.2 Å². The van der Waals surface area contributed by atoms with Gasteiger partial charge in [0.15, 0.2) is 11.5 Å². The third kappa shape index (κ3) is 18.7. The van der Waals surface area contributed by atoms with E-state index in [1.807, 2.05) is 48.5 Å². The molecule has 0 aliphatic carbocycles. The van der Waals surface area contributed by atoms with Gasteiger partial charge in [0.1, 0.15) is 54.2 Å². The number of hydrogen-bond acceptors (Lipinski definition) is 27. The molecule has 34 nitrogen and oxygen atoms in total. The summed E-state index contributed by atoms with van der Waals surface area (Å²) >= 11 is -0.0270. The number of nitrogens with one attached hydrogen (secondary N) is 5. The summed E-state index contributed by atoms with van der Waals surface area (Å²) in [6.07, 6.45) is -15.0. The SMILES string of the molecule is CC(O)C1NC(=O)[C@@H](NC(=O)c2ccc(-c3nnc(-c4ccc(-c5ccc(OCCCN6C[C@@H](C)O[C@@H](C)C6)cc5)cc4)o3)cc2)CC(O)CNC(=O)C2C(O)C(C)CN2C(=O)C(C(O)CC(N)=O)NC(=O)C(C(O)C(O)c2ccc(O)c(OSOOO)c2)NC(=O)C2CC(O)CN2C1=O. The van der Waals surface area contributed by atoms with Gasteiger partial charge in [0.2, 0.25) is 53.1 Å². The second kappa shape index (κ2) is 33.9. The Kier molecular flexibility index (Phi) is 25.5. The molecule has 4 saturated heterocycles. The molecular weight excluding hydrogens is 1330 g/mol. The molecule has 4 fully saturated rings. The minimum absolute atomic E-state index is 0.0270. The average molecular weight is 1420 g/mol. The lowest BCUT2D eigenvalue weighted by molar-refractivity contribution is -0.433. The fraction of sp³-hybridized carbons (Fsp3) is 0.477. The number of nitrogens with two attached hydrogens (primary N) is 1. The van der Waals surface area contributed by atoms with E-state index in [4.69, 9.17) is 29.1 Å². The Balaban J connectivity index is 0.937. The first-order chi connectivity index (χ1) is 47.7. The van der Waals surface area contributed by atoms with Gasteiger partial charge in [-0.3, -0.25) is 43.3 Å². The van der Waals surface area contributed by atoms with E-state index in [1.54, 1.807) is 0 Å². The number of aromatic nitrogens is 2. The molecule has 4 aliphatic heterocycles. The average Bonchev–Trinajstić information content (AvgIpc) is 1.59. The van der Waals surface area contributed by atoms with Crippen LogP contribution in [-0.4, -0.2) is 249 Å². The first kappa shape index (κ1) is 75.3. The van der Waals surface area contributed by atoms with Crippen molar-refractivity contribution in [1.82, 2.24) is 51.5 Å². The minimum Gasteiger partial charge on any atom is -0.504 e. The van der Waals surface area contributed by atoms with E-state index in [1.165, 1.54) is 31.2 Å². The molecule has 9 rings (SSSR count). The van der Waals surface area contributed by atoms with E-state index in [0.717, 1.165) is 77.9 Å². The van der Waals surface area contributed by atoms with Gasteiger partial charge < -0.3 is 101 Å². The van der Waals surface area contributed by atoms with Crippen molar-refractivity contribution in [2.24, 2.45) is 11.7 Å². The fourth-order valence-corrected chi connectivity index (χ4v) is 12.7. The van der Waals surface area contributed by atoms with Crippen molar-refractivity contribution in [2.75, 3.05) is 45.9 Å². The summed E-state index contributed by atoms with van der Waals surface area (Å²) in [7, 11) is 0. The molecule has 0 saturated carbocycles. The highest BCUT2D eigenvalue weighted by atomic mass is 32.2. The zero-order valence-corrected chi connectivity index (χ0v) is 55.5. The lowest BCUT2D eigenvalue weighted by atomic mass is 9.96. The van der Waals surface area contributed by atoms with Crippen LogP contribution in [0.2, 0.25) is 0 Å². The van der Waals surface area contributed by atoms with E-state index < -0.39 is 183 Å². The Morgan fingerprint density at radius 2 is 1.32 bits per heavy atom. The van der Waals surface area contributed by atoms with Crippen molar-refractivity contribution in [3.05, 3.63) is 102 Å². The van der Waals surface area contributed by atoms with E-state index in [2.05, 4.69) is 64.9 Å². The molecule has 0 radical (unpaired) electrons. The van der Waals surface area contributed by atoms with Crippen LogP contribution in [0.1, 0.15) is 75.4 Å². The second-order valence-corrected chi connectivity index (χ2v) is 25.6. The maximum atomic E-state index is 14.7. The quantitative estimate of drug-likeness (QED) is 0.0169. The number of carbonyl (C=O) groups is 8. The molecule has 5 aromatic rings. The molecule has 16 atom stereocenters. The van der Waals surface area contributed by atoms with Gasteiger partial charge in [-0.15, -0.1) is 10.2 Å². The van der Waals surface area contributed by atoms with Crippen molar-refractivity contribution in [2.45, 2.75) is 145 Å². The number of primary amides is 1. The van der Waals surface area contributed by atoms with Gasteiger partial charge in [0, 0.05) is 74.7 Å². The summed E-state index contributed by atoms with van der Waals surface area (Å²) in [5, 5.41) is 123. The number of carbonyl (C=O) groups excluding carboxylic acids is 8.